The molecule has 39 heavy (non-hydrogen) atoms. The van der Waals surface area contributed by atoms with Crippen LogP contribution in [0.4, 0.5) is 5.69 Å². The molecule has 2 atom stereocenters. The monoisotopic (exact) mass is 573 g/mol. The molecule has 0 saturated carbocycles. The fourth-order valence-electron chi connectivity index (χ4n) is 4.09. The molecule has 2 rings (SSSR count). The van der Waals surface area contributed by atoms with Crippen LogP contribution < -0.4 is 16.0 Å². The molecule has 1 aromatic heterocycles. The number of benzene rings is 1. The number of aliphatic carboxylic acids is 1. The molecule has 2 aromatic rings. The van der Waals surface area contributed by atoms with Crippen LogP contribution in [0.3, 0.4) is 0 Å². The summed E-state index contributed by atoms with van der Waals surface area (Å²) in [5, 5.41) is 19.1. The maximum absolute atomic E-state index is 13.0. The molecular formula is C29H39N3O5S2. The lowest BCUT2D eigenvalue weighted by atomic mass is 10.0. The van der Waals surface area contributed by atoms with Crippen LogP contribution in [0.1, 0.15) is 62.0 Å². The summed E-state index contributed by atoms with van der Waals surface area (Å²) in [6.07, 6.45) is 4.90. The zero-order valence-corrected chi connectivity index (χ0v) is 24.5. The number of carboxylic acid groups (broad SMARTS) is 1. The van der Waals surface area contributed by atoms with Gasteiger partial charge in [0.25, 0.3) is 0 Å². The van der Waals surface area contributed by atoms with Crippen LogP contribution in [0, 0.1) is 6.92 Å². The van der Waals surface area contributed by atoms with Gasteiger partial charge in [-0.25, -0.2) is 0 Å². The minimum atomic E-state index is -1.07. The number of nitrogens with one attached hydrogen (secondary N) is 3. The molecule has 0 saturated heterocycles. The molecule has 1 unspecified atom stereocenters. The van der Waals surface area contributed by atoms with Gasteiger partial charge in [-0.1, -0.05) is 38.5 Å². The molecule has 10 heteroatoms. The van der Waals surface area contributed by atoms with Gasteiger partial charge in [0.1, 0.15) is 6.04 Å². The van der Waals surface area contributed by atoms with E-state index in [0.717, 1.165) is 31.2 Å². The predicted octanol–water partition coefficient (Wildman–Crippen LogP) is 4.92. The van der Waals surface area contributed by atoms with Gasteiger partial charge in [0, 0.05) is 28.2 Å². The van der Waals surface area contributed by atoms with Crippen LogP contribution in [-0.2, 0) is 25.6 Å². The highest BCUT2D eigenvalue weighted by Crippen LogP contribution is 2.33. The Hall–Kier alpha value is -3.11. The normalized spacial score (nSPS) is 13.1. The highest BCUT2D eigenvalue weighted by atomic mass is 32.2. The largest absolute Gasteiger partial charge is 0.481 e. The standard InChI is InChI=1S/C29H39N3O5S2/c1-5-12-29(4,13-6-2)39-19-26(34)30-17-25(33)32-24(10-11-27(35)36)28(37)31-22-9-7-8-21(15-22)16-23-14-20(3)18-38-23/h5,7-9,14-15,18,24H,1,6,10-13,16-17,19H2,2-4H3,(H,30,34)(H,31,37)(H,32,33)(H,35,36)/t24-,29?/m0/s1. The van der Waals surface area contributed by atoms with Gasteiger partial charge in [-0.2, -0.15) is 0 Å². The Kier molecular flexibility index (Phi) is 13.3. The van der Waals surface area contributed by atoms with E-state index >= 15 is 0 Å². The third-order valence-corrected chi connectivity index (χ3v) is 8.54. The van der Waals surface area contributed by atoms with E-state index in [1.165, 1.54) is 22.2 Å². The maximum atomic E-state index is 13.0. The number of hydrogen-bond donors (Lipinski definition) is 4. The van der Waals surface area contributed by atoms with Gasteiger partial charge in [0.05, 0.1) is 12.3 Å². The van der Waals surface area contributed by atoms with Gasteiger partial charge in [-0.15, -0.1) is 29.7 Å². The first-order valence-electron chi connectivity index (χ1n) is 13.0. The molecule has 0 fully saturated rings. The molecule has 0 spiro atoms. The summed E-state index contributed by atoms with van der Waals surface area (Å²) < 4.78 is -0.101. The van der Waals surface area contributed by atoms with Gasteiger partial charge >= 0.3 is 5.97 Å². The summed E-state index contributed by atoms with van der Waals surface area (Å²) in [5.41, 5.74) is 2.78. The summed E-state index contributed by atoms with van der Waals surface area (Å²) in [4.78, 5) is 50.2. The number of thiophene rings is 1. The third kappa shape index (κ3) is 12.1. The first-order valence-corrected chi connectivity index (χ1v) is 14.9. The second-order valence-corrected chi connectivity index (χ2v) is 12.3. The molecule has 0 radical (unpaired) electrons. The van der Waals surface area contributed by atoms with E-state index in [9.17, 15) is 19.2 Å². The Bertz CT molecular complexity index is 1150. The van der Waals surface area contributed by atoms with Crippen molar-refractivity contribution < 1.29 is 24.3 Å². The number of hydrogen-bond acceptors (Lipinski definition) is 6. The van der Waals surface area contributed by atoms with Gasteiger partial charge in [0.2, 0.25) is 17.7 Å². The Labute approximate surface area is 239 Å². The summed E-state index contributed by atoms with van der Waals surface area (Å²) >= 11 is 3.20. The van der Waals surface area contributed by atoms with E-state index in [2.05, 4.69) is 47.8 Å². The Morgan fingerprint density at radius 2 is 1.97 bits per heavy atom. The average molecular weight is 574 g/mol. The number of amides is 3. The zero-order valence-electron chi connectivity index (χ0n) is 22.9. The van der Waals surface area contributed by atoms with Gasteiger partial charge in [-0.3, -0.25) is 19.2 Å². The molecule has 4 N–H and O–H groups in total. The van der Waals surface area contributed by atoms with Crippen molar-refractivity contribution in [3.8, 4) is 0 Å². The molecule has 3 amide bonds. The average Bonchev–Trinajstić information content (AvgIpc) is 3.28. The molecule has 1 heterocycles. The smallest absolute Gasteiger partial charge is 0.303 e. The quantitative estimate of drug-likeness (QED) is 0.199. The first kappa shape index (κ1) is 32.1. The van der Waals surface area contributed by atoms with Crippen LogP contribution in [0.2, 0.25) is 0 Å². The van der Waals surface area contributed by atoms with Gasteiger partial charge in [-0.05, 0) is 60.9 Å². The van der Waals surface area contributed by atoms with E-state index in [-0.39, 0.29) is 35.8 Å². The first-order chi connectivity index (χ1) is 18.5. The lowest BCUT2D eigenvalue weighted by Gasteiger charge is -2.27. The lowest BCUT2D eigenvalue weighted by Crippen LogP contribution is -2.48. The van der Waals surface area contributed by atoms with Crippen LogP contribution >= 0.6 is 23.1 Å². The minimum absolute atomic E-state index is 0.0816. The molecule has 0 aliphatic carbocycles. The van der Waals surface area contributed by atoms with Crippen molar-refractivity contribution in [2.75, 3.05) is 17.6 Å². The van der Waals surface area contributed by atoms with Crippen molar-refractivity contribution >= 4 is 52.5 Å². The number of thioether (sulfide) groups is 1. The Morgan fingerprint density at radius 1 is 1.21 bits per heavy atom. The number of rotatable bonds is 17. The van der Waals surface area contributed by atoms with Crippen molar-refractivity contribution in [1.29, 1.82) is 0 Å². The molecule has 8 nitrogen and oxygen atoms in total. The number of allylic oxidation sites excluding steroid dienone is 1. The number of anilines is 1. The molecule has 212 valence electrons. The highest BCUT2D eigenvalue weighted by molar-refractivity contribution is 8.01. The van der Waals surface area contributed by atoms with Crippen LogP contribution in [0.5, 0.6) is 0 Å². The summed E-state index contributed by atoms with van der Waals surface area (Å²) in [6.45, 7) is 9.71. The summed E-state index contributed by atoms with van der Waals surface area (Å²) in [6, 6.07) is 8.47. The predicted molar refractivity (Wildman–Crippen MR) is 159 cm³/mol. The summed E-state index contributed by atoms with van der Waals surface area (Å²) in [7, 11) is 0. The topological polar surface area (TPSA) is 125 Å². The van der Waals surface area contributed by atoms with Crippen LogP contribution in [0.15, 0.2) is 48.4 Å². The van der Waals surface area contributed by atoms with Crippen LogP contribution in [-0.4, -0.2) is 51.9 Å². The number of carbonyl (C=O) groups is 4. The molecule has 1 aromatic carbocycles. The second-order valence-electron chi connectivity index (χ2n) is 9.77. The van der Waals surface area contributed by atoms with E-state index in [0.29, 0.717) is 5.69 Å². The van der Waals surface area contributed by atoms with E-state index in [4.69, 9.17) is 5.11 Å². The third-order valence-electron chi connectivity index (χ3n) is 6.01. The number of aryl methyl sites for hydroxylation is 1. The van der Waals surface area contributed by atoms with Gasteiger partial charge in [0.15, 0.2) is 0 Å². The second kappa shape index (κ2) is 16.1. The van der Waals surface area contributed by atoms with E-state index in [1.807, 2.05) is 31.2 Å². The number of carboxylic acids is 1. The maximum Gasteiger partial charge on any atom is 0.303 e. The SMILES string of the molecule is C=CCC(C)(CCC)SCC(=O)NCC(=O)N[C@@H](CCC(=O)O)C(=O)Nc1cccc(Cc2cc(C)cs2)c1. The van der Waals surface area contributed by atoms with Crippen molar-refractivity contribution in [3.63, 3.8) is 0 Å². The van der Waals surface area contributed by atoms with E-state index < -0.39 is 23.8 Å². The molecule has 0 aliphatic heterocycles. The highest BCUT2D eigenvalue weighted by Gasteiger charge is 2.25. The van der Waals surface area contributed by atoms with Crippen molar-refractivity contribution in [2.24, 2.45) is 0 Å². The number of carbonyl (C=O) groups excluding carboxylic acids is 3. The van der Waals surface area contributed by atoms with Crippen molar-refractivity contribution in [3.05, 3.63) is 64.4 Å². The molecule has 0 bridgehead atoms. The minimum Gasteiger partial charge on any atom is -0.481 e. The zero-order chi connectivity index (χ0) is 28.8. The van der Waals surface area contributed by atoms with Crippen molar-refractivity contribution in [2.45, 2.75) is 70.1 Å². The fraction of sp³-hybridized carbons (Fsp3) is 0.448. The Balaban J connectivity index is 1.94. The molecular weight excluding hydrogens is 534 g/mol. The van der Waals surface area contributed by atoms with Crippen LogP contribution in [0.25, 0.3) is 0 Å². The van der Waals surface area contributed by atoms with E-state index in [1.54, 1.807) is 17.4 Å². The summed E-state index contributed by atoms with van der Waals surface area (Å²) in [5.74, 6) is -2.25. The lowest BCUT2D eigenvalue weighted by molar-refractivity contribution is -0.137. The van der Waals surface area contributed by atoms with Gasteiger partial charge < -0.3 is 21.1 Å². The van der Waals surface area contributed by atoms with Crippen molar-refractivity contribution in [1.82, 2.24) is 10.6 Å². The molecule has 0 aliphatic rings. The Morgan fingerprint density at radius 3 is 2.62 bits per heavy atom. The fourth-order valence-corrected chi connectivity index (χ4v) is 6.17.